The Hall–Kier alpha value is -0.820. The molecule has 4 nitrogen and oxygen atoms in total. The maximum Gasteiger partial charge on any atom is 0.393 e. The normalized spacial score (nSPS) is 25.4. The molecule has 17 heavy (non-hydrogen) atoms. The lowest BCUT2D eigenvalue weighted by atomic mass is 9.96. The maximum atomic E-state index is 12.7. The smallest absolute Gasteiger partial charge is 0.384 e. The van der Waals surface area contributed by atoms with Crippen molar-refractivity contribution in [2.45, 2.75) is 12.6 Å². The summed E-state index contributed by atoms with van der Waals surface area (Å²) in [6.07, 6.45) is -4.20. The van der Waals surface area contributed by atoms with Gasteiger partial charge in [0.1, 0.15) is 0 Å². The summed E-state index contributed by atoms with van der Waals surface area (Å²) in [7, 11) is 1.36. The number of hydrogen-bond donors (Lipinski definition) is 1. The summed E-state index contributed by atoms with van der Waals surface area (Å²) >= 11 is 0. The molecule has 1 amide bonds. The van der Waals surface area contributed by atoms with E-state index in [1.165, 1.54) is 12.0 Å². The minimum absolute atomic E-state index is 0.0105. The molecular weight excluding hydrogens is 237 g/mol. The summed E-state index contributed by atoms with van der Waals surface area (Å²) in [5, 5.41) is 0. The van der Waals surface area contributed by atoms with Crippen molar-refractivity contribution in [1.29, 1.82) is 0 Å². The molecule has 0 saturated carbocycles. The van der Waals surface area contributed by atoms with Crippen molar-refractivity contribution < 1.29 is 22.7 Å². The van der Waals surface area contributed by atoms with Crippen molar-refractivity contribution in [3.05, 3.63) is 0 Å². The molecule has 1 aliphatic heterocycles. The number of nitrogens with zero attached hydrogens (tertiary/aromatic N) is 1. The predicted molar refractivity (Wildman–Crippen MR) is 55.2 cm³/mol. The first-order valence-corrected chi connectivity index (χ1v) is 5.43. The maximum absolute atomic E-state index is 12.7. The monoisotopic (exact) mass is 254 g/mol. The van der Waals surface area contributed by atoms with Gasteiger partial charge in [-0.05, 0) is 0 Å². The molecule has 0 spiro atoms. The minimum Gasteiger partial charge on any atom is -0.384 e. The standard InChI is InChI=1S/C10H17F3N2O2/c1-17-6-7-4-15(9(16)2-3-14)5-8(7)10(11,12)13/h7-8H,2-6,14H2,1H3. The number of methoxy groups -OCH3 is 1. The van der Waals surface area contributed by atoms with Crippen molar-refractivity contribution in [1.82, 2.24) is 4.90 Å². The largest absolute Gasteiger partial charge is 0.393 e. The highest BCUT2D eigenvalue weighted by atomic mass is 19.4. The Balaban J connectivity index is 2.68. The lowest BCUT2D eigenvalue weighted by molar-refractivity contribution is -0.183. The number of carbonyl (C=O) groups is 1. The molecule has 1 heterocycles. The molecule has 0 aromatic rings. The number of alkyl halides is 3. The first kappa shape index (κ1) is 14.2. The van der Waals surface area contributed by atoms with Gasteiger partial charge in [0.15, 0.2) is 0 Å². The molecule has 2 unspecified atom stereocenters. The Morgan fingerprint density at radius 3 is 2.59 bits per heavy atom. The number of halogens is 3. The fourth-order valence-electron chi connectivity index (χ4n) is 2.11. The van der Waals surface area contributed by atoms with Crippen molar-refractivity contribution in [3.8, 4) is 0 Å². The van der Waals surface area contributed by atoms with E-state index >= 15 is 0 Å². The SMILES string of the molecule is COCC1CN(C(=O)CCN)CC1C(F)(F)F. The van der Waals surface area contributed by atoms with Crippen LogP contribution in [-0.2, 0) is 9.53 Å². The fourth-order valence-corrected chi connectivity index (χ4v) is 2.11. The van der Waals surface area contributed by atoms with Gasteiger partial charge in [-0.2, -0.15) is 13.2 Å². The van der Waals surface area contributed by atoms with Crippen LogP contribution in [0.3, 0.4) is 0 Å². The second-order valence-electron chi connectivity index (χ2n) is 4.20. The molecule has 7 heteroatoms. The van der Waals surface area contributed by atoms with Gasteiger partial charge in [-0.25, -0.2) is 0 Å². The van der Waals surface area contributed by atoms with Gasteiger partial charge < -0.3 is 15.4 Å². The molecule has 100 valence electrons. The zero-order valence-corrected chi connectivity index (χ0v) is 9.67. The number of nitrogens with two attached hydrogens (primary N) is 1. The van der Waals surface area contributed by atoms with Gasteiger partial charge >= 0.3 is 6.18 Å². The third-order valence-corrected chi connectivity index (χ3v) is 2.95. The molecule has 0 bridgehead atoms. The minimum atomic E-state index is -4.29. The number of ether oxygens (including phenoxy) is 1. The Morgan fingerprint density at radius 1 is 1.47 bits per heavy atom. The zero-order valence-electron chi connectivity index (χ0n) is 9.67. The van der Waals surface area contributed by atoms with Gasteiger partial charge in [0.25, 0.3) is 0 Å². The van der Waals surface area contributed by atoms with Crippen LogP contribution < -0.4 is 5.73 Å². The van der Waals surface area contributed by atoms with Gasteiger partial charge in [-0.1, -0.05) is 0 Å². The molecule has 1 fully saturated rings. The molecule has 2 atom stereocenters. The Labute approximate surface area is 97.9 Å². The molecule has 2 N–H and O–H groups in total. The first-order chi connectivity index (χ1) is 7.90. The number of amides is 1. The summed E-state index contributed by atoms with van der Waals surface area (Å²) in [5.41, 5.74) is 5.22. The molecular formula is C10H17F3N2O2. The molecule has 0 aromatic carbocycles. The van der Waals surface area contributed by atoms with Gasteiger partial charge in [-0.15, -0.1) is 0 Å². The van der Waals surface area contributed by atoms with Crippen LogP contribution in [0.4, 0.5) is 13.2 Å². The van der Waals surface area contributed by atoms with E-state index in [2.05, 4.69) is 0 Å². The first-order valence-electron chi connectivity index (χ1n) is 5.43. The van der Waals surface area contributed by atoms with E-state index in [4.69, 9.17) is 10.5 Å². The van der Waals surface area contributed by atoms with Crippen LogP contribution in [-0.4, -0.2) is 50.3 Å². The van der Waals surface area contributed by atoms with Crippen LogP contribution in [0.5, 0.6) is 0 Å². The van der Waals surface area contributed by atoms with Crippen molar-refractivity contribution in [2.24, 2.45) is 17.6 Å². The zero-order chi connectivity index (χ0) is 13.1. The molecule has 0 aliphatic carbocycles. The van der Waals surface area contributed by atoms with Crippen molar-refractivity contribution in [3.63, 3.8) is 0 Å². The number of likely N-dealkylation sites (tertiary alicyclic amines) is 1. The van der Waals surface area contributed by atoms with Gasteiger partial charge in [0.05, 0.1) is 12.5 Å². The molecule has 1 saturated heterocycles. The van der Waals surface area contributed by atoms with E-state index in [0.29, 0.717) is 0 Å². The van der Waals surface area contributed by atoms with E-state index < -0.39 is 18.0 Å². The number of carbonyl (C=O) groups excluding carboxylic acids is 1. The van der Waals surface area contributed by atoms with Gasteiger partial charge in [0.2, 0.25) is 5.91 Å². The van der Waals surface area contributed by atoms with Crippen LogP contribution in [0.1, 0.15) is 6.42 Å². The predicted octanol–water partition coefficient (Wildman–Crippen LogP) is 0.618. The van der Waals surface area contributed by atoms with E-state index in [1.54, 1.807) is 0 Å². The summed E-state index contributed by atoms with van der Waals surface area (Å²) in [6, 6.07) is 0. The fraction of sp³-hybridized carbons (Fsp3) is 0.900. The lowest BCUT2D eigenvalue weighted by Crippen LogP contribution is -2.33. The van der Waals surface area contributed by atoms with Crippen molar-refractivity contribution >= 4 is 5.91 Å². The summed E-state index contributed by atoms with van der Waals surface area (Å²) < 4.78 is 43.0. The third kappa shape index (κ3) is 3.57. The second kappa shape index (κ2) is 5.68. The van der Waals surface area contributed by atoms with E-state index in [0.717, 1.165) is 0 Å². The highest BCUT2D eigenvalue weighted by Crippen LogP contribution is 2.37. The summed E-state index contributed by atoms with van der Waals surface area (Å²) in [5.74, 6) is -2.49. The van der Waals surface area contributed by atoms with Crippen LogP contribution in [0.2, 0.25) is 0 Å². The lowest BCUT2D eigenvalue weighted by Gasteiger charge is -2.19. The topological polar surface area (TPSA) is 55.6 Å². The molecule has 1 rings (SSSR count). The third-order valence-electron chi connectivity index (χ3n) is 2.95. The van der Waals surface area contributed by atoms with E-state index in [9.17, 15) is 18.0 Å². The molecule has 1 aliphatic rings. The van der Waals surface area contributed by atoms with Crippen LogP contribution >= 0.6 is 0 Å². The van der Waals surface area contributed by atoms with Gasteiger partial charge in [0, 0.05) is 39.1 Å². The highest BCUT2D eigenvalue weighted by Gasteiger charge is 2.50. The number of rotatable bonds is 4. The van der Waals surface area contributed by atoms with Crippen LogP contribution in [0.15, 0.2) is 0 Å². The van der Waals surface area contributed by atoms with E-state index in [1.807, 2.05) is 0 Å². The quantitative estimate of drug-likeness (QED) is 0.800. The van der Waals surface area contributed by atoms with Crippen LogP contribution in [0.25, 0.3) is 0 Å². The Bertz CT molecular complexity index is 271. The Morgan fingerprint density at radius 2 is 2.12 bits per heavy atom. The molecule has 0 aromatic heterocycles. The average molecular weight is 254 g/mol. The van der Waals surface area contributed by atoms with E-state index in [-0.39, 0.29) is 38.6 Å². The van der Waals surface area contributed by atoms with Crippen LogP contribution in [0, 0.1) is 11.8 Å². The average Bonchev–Trinajstić information content (AvgIpc) is 2.62. The van der Waals surface area contributed by atoms with Gasteiger partial charge in [-0.3, -0.25) is 4.79 Å². The summed E-state index contributed by atoms with van der Waals surface area (Å²) in [6.45, 7) is -0.0231. The van der Waals surface area contributed by atoms with Crippen molar-refractivity contribution in [2.75, 3.05) is 33.4 Å². The Kier molecular flexibility index (Phi) is 4.76. The summed E-state index contributed by atoms with van der Waals surface area (Å²) in [4.78, 5) is 12.7. The molecule has 0 radical (unpaired) electrons. The highest BCUT2D eigenvalue weighted by molar-refractivity contribution is 5.76. The number of hydrogen-bond acceptors (Lipinski definition) is 3. The second-order valence-corrected chi connectivity index (χ2v) is 4.20.